The molecule has 2 rings (SSSR count). The van der Waals surface area contributed by atoms with Gasteiger partial charge in [-0.25, -0.2) is 8.78 Å². The second-order valence-corrected chi connectivity index (χ2v) is 5.56. The van der Waals surface area contributed by atoms with E-state index in [0.29, 0.717) is 18.2 Å². The van der Waals surface area contributed by atoms with Crippen LogP contribution < -0.4 is 0 Å². The van der Waals surface area contributed by atoms with Crippen LogP contribution in [0.4, 0.5) is 22.0 Å². The molecule has 7 heteroatoms. The summed E-state index contributed by atoms with van der Waals surface area (Å²) in [5, 5.41) is -1.16. The lowest BCUT2D eigenvalue weighted by Gasteiger charge is -2.15. The van der Waals surface area contributed by atoms with Crippen molar-refractivity contribution in [3.05, 3.63) is 69.2 Å². The number of rotatable bonds is 2. The van der Waals surface area contributed by atoms with Gasteiger partial charge >= 0.3 is 6.18 Å². The fraction of sp³-hybridized carbons (Fsp3) is 0.143. The molecule has 21 heavy (non-hydrogen) atoms. The van der Waals surface area contributed by atoms with Crippen LogP contribution in [0.25, 0.3) is 0 Å². The molecule has 112 valence electrons. The normalized spacial score (nSPS) is 13.3. The fourth-order valence-electron chi connectivity index (χ4n) is 1.76. The Morgan fingerprint density at radius 3 is 2.14 bits per heavy atom. The molecule has 0 aliphatic rings. The average Bonchev–Trinajstić information content (AvgIpc) is 2.40. The molecule has 0 nitrogen and oxygen atoms in total. The molecule has 0 saturated heterocycles. The van der Waals surface area contributed by atoms with Crippen LogP contribution in [-0.2, 0) is 6.18 Å². The average molecular weight is 386 g/mol. The highest BCUT2D eigenvalue weighted by molar-refractivity contribution is 9.10. The third-order valence-corrected chi connectivity index (χ3v) is 3.93. The van der Waals surface area contributed by atoms with Crippen molar-refractivity contribution in [3.63, 3.8) is 0 Å². The lowest BCUT2D eigenvalue weighted by atomic mass is 10.0. The molecule has 2 aromatic carbocycles. The molecule has 1 unspecified atom stereocenters. The molecule has 0 saturated carbocycles. The number of hydrogen-bond donors (Lipinski definition) is 0. The lowest BCUT2D eigenvalue weighted by molar-refractivity contribution is -0.137. The molecule has 0 spiro atoms. The van der Waals surface area contributed by atoms with E-state index in [1.54, 1.807) is 0 Å². The van der Waals surface area contributed by atoms with Gasteiger partial charge in [-0.3, -0.25) is 0 Å². The zero-order valence-electron chi connectivity index (χ0n) is 10.2. The van der Waals surface area contributed by atoms with Gasteiger partial charge < -0.3 is 0 Å². The summed E-state index contributed by atoms with van der Waals surface area (Å²) in [7, 11) is 0. The first-order valence-electron chi connectivity index (χ1n) is 5.66. The molecule has 0 amide bonds. The Balaban J connectivity index is 2.47. The minimum atomic E-state index is -4.59. The molecule has 0 bridgehead atoms. The molecular formula is C14H7BrClF5. The van der Waals surface area contributed by atoms with Crippen LogP contribution in [0.2, 0.25) is 0 Å². The predicted molar refractivity (Wildman–Crippen MR) is 73.2 cm³/mol. The van der Waals surface area contributed by atoms with Gasteiger partial charge in [-0.15, -0.1) is 11.6 Å². The van der Waals surface area contributed by atoms with Crippen LogP contribution in [0.3, 0.4) is 0 Å². The first-order chi connectivity index (χ1) is 9.70. The monoisotopic (exact) mass is 384 g/mol. The molecule has 0 aliphatic heterocycles. The van der Waals surface area contributed by atoms with Crippen molar-refractivity contribution in [1.29, 1.82) is 0 Å². The third kappa shape index (κ3) is 3.55. The quantitative estimate of drug-likeness (QED) is 0.434. The predicted octanol–water partition coefficient (Wildman–Crippen LogP) is 6.07. The first kappa shape index (κ1) is 16.2. The number of hydrogen-bond acceptors (Lipinski definition) is 0. The summed E-state index contributed by atoms with van der Waals surface area (Å²) in [6.45, 7) is 0. The van der Waals surface area contributed by atoms with Crippen LogP contribution in [0.1, 0.15) is 22.1 Å². The van der Waals surface area contributed by atoms with E-state index in [1.165, 1.54) is 12.1 Å². The molecular weight excluding hydrogens is 379 g/mol. The van der Waals surface area contributed by atoms with Crippen molar-refractivity contribution >= 4 is 27.5 Å². The summed E-state index contributed by atoms with van der Waals surface area (Å²) >= 11 is 8.98. The molecule has 0 radical (unpaired) electrons. The van der Waals surface area contributed by atoms with Crippen LogP contribution in [0, 0.1) is 11.6 Å². The van der Waals surface area contributed by atoms with E-state index in [0.717, 1.165) is 6.07 Å². The molecule has 2 aromatic rings. The Kier molecular flexibility index (Phi) is 4.58. The summed E-state index contributed by atoms with van der Waals surface area (Å²) in [6, 6.07) is 5.70. The van der Waals surface area contributed by atoms with Crippen molar-refractivity contribution in [2.75, 3.05) is 0 Å². The van der Waals surface area contributed by atoms with Gasteiger partial charge in [0.1, 0.15) is 11.6 Å². The Morgan fingerprint density at radius 2 is 1.57 bits per heavy atom. The smallest absolute Gasteiger partial charge is 0.207 e. The van der Waals surface area contributed by atoms with Crippen LogP contribution in [-0.4, -0.2) is 0 Å². The van der Waals surface area contributed by atoms with Crippen molar-refractivity contribution in [2.24, 2.45) is 0 Å². The van der Waals surface area contributed by atoms with E-state index in [4.69, 9.17) is 11.6 Å². The summed E-state index contributed by atoms with van der Waals surface area (Å²) in [5.41, 5.74) is -1.03. The number of halogens is 7. The highest BCUT2D eigenvalue weighted by atomic mass is 79.9. The van der Waals surface area contributed by atoms with Gasteiger partial charge in [-0.05, 0) is 51.8 Å². The van der Waals surface area contributed by atoms with E-state index in [1.807, 2.05) is 0 Å². The largest absolute Gasteiger partial charge is 0.416 e. The zero-order chi connectivity index (χ0) is 15.8. The fourth-order valence-corrected chi connectivity index (χ4v) is 2.46. The van der Waals surface area contributed by atoms with E-state index in [2.05, 4.69) is 15.9 Å². The highest BCUT2D eigenvalue weighted by Crippen LogP contribution is 2.36. The maximum atomic E-state index is 13.7. The van der Waals surface area contributed by atoms with Crippen molar-refractivity contribution in [3.8, 4) is 0 Å². The topological polar surface area (TPSA) is 0 Å². The minimum Gasteiger partial charge on any atom is -0.207 e. The van der Waals surface area contributed by atoms with Crippen molar-refractivity contribution in [1.82, 2.24) is 0 Å². The van der Waals surface area contributed by atoms with Crippen LogP contribution >= 0.6 is 27.5 Å². The first-order valence-corrected chi connectivity index (χ1v) is 6.88. The third-order valence-electron chi connectivity index (χ3n) is 2.83. The van der Waals surface area contributed by atoms with Gasteiger partial charge in [0.25, 0.3) is 0 Å². The van der Waals surface area contributed by atoms with E-state index >= 15 is 0 Å². The Hall–Kier alpha value is -1.14. The van der Waals surface area contributed by atoms with Gasteiger partial charge in [-0.1, -0.05) is 6.07 Å². The van der Waals surface area contributed by atoms with Gasteiger partial charge in [0.05, 0.1) is 15.4 Å². The maximum Gasteiger partial charge on any atom is 0.416 e. The zero-order valence-corrected chi connectivity index (χ0v) is 12.5. The summed E-state index contributed by atoms with van der Waals surface area (Å²) in [6.07, 6.45) is -4.59. The Labute approximate surface area is 130 Å². The molecule has 0 fully saturated rings. The second kappa shape index (κ2) is 5.93. The van der Waals surface area contributed by atoms with E-state index < -0.39 is 28.8 Å². The van der Waals surface area contributed by atoms with E-state index in [9.17, 15) is 22.0 Å². The van der Waals surface area contributed by atoms with E-state index in [-0.39, 0.29) is 15.6 Å². The lowest BCUT2D eigenvalue weighted by Crippen LogP contribution is -2.07. The SMILES string of the molecule is Fc1ccc(C(Cl)c2cc(C(F)(F)F)ccc2F)cc1Br. The summed E-state index contributed by atoms with van der Waals surface area (Å²) in [4.78, 5) is 0. The maximum absolute atomic E-state index is 13.7. The van der Waals surface area contributed by atoms with Gasteiger partial charge in [0, 0.05) is 5.56 Å². The van der Waals surface area contributed by atoms with Crippen molar-refractivity contribution in [2.45, 2.75) is 11.6 Å². The summed E-state index contributed by atoms with van der Waals surface area (Å²) < 4.78 is 65.0. The number of benzene rings is 2. The number of alkyl halides is 4. The molecule has 0 heterocycles. The van der Waals surface area contributed by atoms with Crippen LogP contribution in [0.15, 0.2) is 40.9 Å². The molecule has 0 aliphatic carbocycles. The highest BCUT2D eigenvalue weighted by Gasteiger charge is 2.32. The molecule has 0 aromatic heterocycles. The van der Waals surface area contributed by atoms with Gasteiger partial charge in [0.15, 0.2) is 0 Å². The second-order valence-electron chi connectivity index (χ2n) is 4.27. The van der Waals surface area contributed by atoms with Crippen LogP contribution in [0.5, 0.6) is 0 Å². The Morgan fingerprint density at radius 1 is 0.952 bits per heavy atom. The standard InChI is InChI=1S/C14H7BrClF5/c15-10-5-7(1-3-12(10)18)13(16)9-6-8(14(19,20)21)2-4-11(9)17/h1-6,13H. The Bertz CT molecular complexity index is 669. The van der Waals surface area contributed by atoms with Gasteiger partial charge in [-0.2, -0.15) is 13.2 Å². The molecule has 0 N–H and O–H groups in total. The minimum absolute atomic E-state index is 0.0954. The molecule has 1 atom stereocenters. The van der Waals surface area contributed by atoms with Crippen molar-refractivity contribution < 1.29 is 22.0 Å². The van der Waals surface area contributed by atoms with Gasteiger partial charge in [0.2, 0.25) is 0 Å². The summed E-state index contributed by atoms with van der Waals surface area (Å²) in [5.74, 6) is -1.41.